The maximum absolute atomic E-state index is 14.2. The first-order valence-electron chi connectivity index (χ1n) is 6.48. The van der Waals surface area contributed by atoms with Crippen molar-refractivity contribution in [3.63, 3.8) is 0 Å². The van der Waals surface area contributed by atoms with Crippen LogP contribution in [0.5, 0.6) is 0 Å². The van der Waals surface area contributed by atoms with Crippen LogP contribution in [0.4, 0.5) is 4.39 Å². The van der Waals surface area contributed by atoms with E-state index in [1.165, 1.54) is 6.07 Å². The molecule has 1 nitrogen and oxygen atoms in total. The Kier molecular flexibility index (Phi) is 5.19. The smallest absolute Gasteiger partial charge is 0.129 e. The topological polar surface area (TPSA) is 12.0 Å². The minimum Gasteiger partial charge on any atom is -0.306 e. The Morgan fingerprint density at radius 3 is 2.65 bits per heavy atom. The lowest BCUT2D eigenvalue weighted by molar-refractivity contribution is 0.556. The van der Waals surface area contributed by atoms with Crippen LogP contribution in [0.25, 0.3) is 0 Å². The standard InChI is InChI=1S/C16H16BrClFN/c1-3-20-16(11-8-7-10(2)13(18)9-11)15-12(17)5-4-6-14(15)19/h4-9,16,20H,3H2,1-2H3. The second-order valence-electron chi connectivity index (χ2n) is 4.63. The summed E-state index contributed by atoms with van der Waals surface area (Å²) in [5.41, 5.74) is 2.57. The number of hydrogen-bond donors (Lipinski definition) is 1. The summed E-state index contributed by atoms with van der Waals surface area (Å²) in [5, 5.41) is 4.01. The van der Waals surface area contributed by atoms with Crippen molar-refractivity contribution in [2.24, 2.45) is 0 Å². The molecule has 0 saturated carbocycles. The maximum Gasteiger partial charge on any atom is 0.129 e. The number of halogens is 3. The van der Waals surface area contributed by atoms with Crippen LogP contribution >= 0.6 is 27.5 Å². The van der Waals surface area contributed by atoms with Crippen LogP contribution in [0.1, 0.15) is 29.7 Å². The van der Waals surface area contributed by atoms with Crippen molar-refractivity contribution in [2.45, 2.75) is 19.9 Å². The van der Waals surface area contributed by atoms with E-state index in [0.717, 1.165) is 22.1 Å². The molecule has 2 aromatic rings. The van der Waals surface area contributed by atoms with Gasteiger partial charge in [-0.3, -0.25) is 0 Å². The number of aryl methyl sites for hydroxylation is 1. The van der Waals surface area contributed by atoms with Crippen LogP contribution < -0.4 is 5.32 Å². The summed E-state index contributed by atoms with van der Waals surface area (Å²) in [4.78, 5) is 0. The number of rotatable bonds is 4. The highest BCUT2D eigenvalue weighted by Crippen LogP contribution is 2.32. The molecule has 0 aliphatic rings. The molecule has 0 bridgehead atoms. The van der Waals surface area contributed by atoms with Gasteiger partial charge in [0.05, 0.1) is 6.04 Å². The van der Waals surface area contributed by atoms with Crippen molar-refractivity contribution >= 4 is 27.5 Å². The zero-order chi connectivity index (χ0) is 14.7. The monoisotopic (exact) mass is 355 g/mol. The first-order valence-corrected chi connectivity index (χ1v) is 7.65. The zero-order valence-electron chi connectivity index (χ0n) is 11.4. The van der Waals surface area contributed by atoms with Crippen LogP contribution in [0, 0.1) is 12.7 Å². The minimum absolute atomic E-state index is 0.228. The van der Waals surface area contributed by atoms with Crippen LogP contribution in [0.2, 0.25) is 5.02 Å². The van der Waals surface area contributed by atoms with E-state index in [2.05, 4.69) is 21.2 Å². The van der Waals surface area contributed by atoms with Gasteiger partial charge in [0, 0.05) is 15.1 Å². The lowest BCUT2D eigenvalue weighted by Gasteiger charge is -2.21. The Labute approximate surface area is 132 Å². The third-order valence-electron chi connectivity index (χ3n) is 3.23. The molecule has 1 unspecified atom stereocenters. The third-order valence-corrected chi connectivity index (χ3v) is 4.32. The normalized spacial score (nSPS) is 12.4. The Balaban J connectivity index is 2.53. The second kappa shape index (κ2) is 6.70. The summed E-state index contributed by atoms with van der Waals surface area (Å²) in [6.07, 6.45) is 0. The van der Waals surface area contributed by atoms with Crippen LogP contribution in [-0.4, -0.2) is 6.54 Å². The Morgan fingerprint density at radius 2 is 2.05 bits per heavy atom. The first kappa shape index (κ1) is 15.5. The van der Waals surface area contributed by atoms with E-state index in [1.807, 2.05) is 38.1 Å². The lowest BCUT2D eigenvalue weighted by atomic mass is 9.97. The molecule has 0 amide bonds. The minimum atomic E-state index is -0.234. The van der Waals surface area contributed by atoms with Gasteiger partial charge in [0.25, 0.3) is 0 Å². The van der Waals surface area contributed by atoms with Gasteiger partial charge in [-0.15, -0.1) is 0 Å². The Bertz CT molecular complexity index is 595. The number of nitrogens with one attached hydrogen (secondary N) is 1. The molecule has 0 saturated heterocycles. The second-order valence-corrected chi connectivity index (χ2v) is 5.90. The van der Waals surface area contributed by atoms with Crippen molar-refractivity contribution in [1.29, 1.82) is 0 Å². The van der Waals surface area contributed by atoms with Crippen LogP contribution in [0.15, 0.2) is 40.9 Å². The molecule has 0 aromatic heterocycles. The van der Waals surface area contributed by atoms with Crippen molar-refractivity contribution in [3.05, 3.63) is 68.4 Å². The summed E-state index contributed by atoms with van der Waals surface area (Å²) in [6, 6.07) is 10.6. The molecule has 0 fully saturated rings. The summed E-state index contributed by atoms with van der Waals surface area (Å²) < 4.78 is 14.9. The molecular formula is C16H16BrClFN. The summed E-state index contributed by atoms with van der Waals surface area (Å²) in [6.45, 7) is 4.68. The van der Waals surface area contributed by atoms with Gasteiger partial charge in [0.2, 0.25) is 0 Å². The van der Waals surface area contributed by atoms with E-state index in [-0.39, 0.29) is 11.9 Å². The van der Waals surface area contributed by atoms with Crippen molar-refractivity contribution in [2.75, 3.05) is 6.54 Å². The summed E-state index contributed by atoms with van der Waals surface area (Å²) in [7, 11) is 0. The fraction of sp³-hybridized carbons (Fsp3) is 0.250. The van der Waals surface area contributed by atoms with E-state index >= 15 is 0 Å². The molecule has 1 N–H and O–H groups in total. The number of benzene rings is 2. The van der Waals surface area contributed by atoms with Crippen LogP contribution in [-0.2, 0) is 0 Å². The molecule has 0 spiro atoms. The van der Waals surface area contributed by atoms with Gasteiger partial charge in [-0.25, -0.2) is 4.39 Å². The highest BCUT2D eigenvalue weighted by molar-refractivity contribution is 9.10. The van der Waals surface area contributed by atoms with E-state index in [0.29, 0.717) is 10.6 Å². The maximum atomic E-state index is 14.2. The molecule has 2 rings (SSSR count). The Hall–Kier alpha value is -0.900. The molecule has 2 aromatic carbocycles. The van der Waals surface area contributed by atoms with Crippen LogP contribution in [0.3, 0.4) is 0 Å². The molecule has 0 radical (unpaired) electrons. The highest BCUT2D eigenvalue weighted by atomic mass is 79.9. The molecular weight excluding hydrogens is 341 g/mol. The van der Waals surface area contributed by atoms with Gasteiger partial charge in [-0.1, -0.05) is 52.7 Å². The van der Waals surface area contributed by atoms with Crippen molar-refractivity contribution in [3.8, 4) is 0 Å². The van der Waals surface area contributed by atoms with Gasteiger partial charge in [-0.2, -0.15) is 0 Å². The van der Waals surface area contributed by atoms with Gasteiger partial charge < -0.3 is 5.32 Å². The third kappa shape index (κ3) is 3.22. The van der Waals surface area contributed by atoms with E-state index in [4.69, 9.17) is 11.6 Å². The quantitative estimate of drug-likeness (QED) is 0.789. The highest BCUT2D eigenvalue weighted by Gasteiger charge is 2.20. The predicted molar refractivity (Wildman–Crippen MR) is 85.8 cm³/mol. The molecule has 0 aliphatic heterocycles. The van der Waals surface area contributed by atoms with E-state index in [1.54, 1.807) is 6.07 Å². The van der Waals surface area contributed by atoms with Gasteiger partial charge in [0.1, 0.15) is 5.82 Å². The SMILES string of the molecule is CCNC(c1ccc(C)c(Cl)c1)c1c(F)cccc1Br. The fourth-order valence-electron chi connectivity index (χ4n) is 2.17. The molecule has 106 valence electrons. The summed E-state index contributed by atoms with van der Waals surface area (Å²) >= 11 is 9.63. The molecule has 20 heavy (non-hydrogen) atoms. The van der Waals surface area contributed by atoms with Gasteiger partial charge in [-0.05, 0) is 42.8 Å². The van der Waals surface area contributed by atoms with E-state index < -0.39 is 0 Å². The van der Waals surface area contributed by atoms with E-state index in [9.17, 15) is 4.39 Å². The fourth-order valence-corrected chi connectivity index (χ4v) is 2.93. The largest absolute Gasteiger partial charge is 0.306 e. The zero-order valence-corrected chi connectivity index (χ0v) is 13.7. The van der Waals surface area contributed by atoms with Crippen molar-refractivity contribution < 1.29 is 4.39 Å². The van der Waals surface area contributed by atoms with Gasteiger partial charge >= 0.3 is 0 Å². The average molecular weight is 357 g/mol. The molecule has 0 heterocycles. The van der Waals surface area contributed by atoms with Crippen molar-refractivity contribution in [1.82, 2.24) is 5.32 Å². The molecule has 4 heteroatoms. The average Bonchev–Trinajstić information content (AvgIpc) is 2.41. The lowest BCUT2D eigenvalue weighted by Crippen LogP contribution is -2.23. The Morgan fingerprint density at radius 1 is 1.30 bits per heavy atom. The van der Waals surface area contributed by atoms with Gasteiger partial charge in [0.15, 0.2) is 0 Å². The number of hydrogen-bond acceptors (Lipinski definition) is 1. The summed E-state index contributed by atoms with van der Waals surface area (Å²) in [5.74, 6) is -0.234. The first-order chi connectivity index (χ1) is 9.54. The molecule has 0 aliphatic carbocycles. The molecule has 1 atom stereocenters. The predicted octanol–water partition coefficient (Wildman–Crippen LogP) is 5.25.